The van der Waals surface area contributed by atoms with E-state index in [0.29, 0.717) is 11.4 Å². The van der Waals surface area contributed by atoms with Gasteiger partial charge in [-0.1, -0.05) is 6.07 Å². The Hall–Kier alpha value is -2.43. The van der Waals surface area contributed by atoms with Gasteiger partial charge in [0, 0.05) is 18.8 Å². The number of aromatic nitrogens is 3. The van der Waals surface area contributed by atoms with E-state index in [1.54, 1.807) is 24.5 Å². The van der Waals surface area contributed by atoms with Crippen LogP contribution >= 0.6 is 0 Å². The third kappa shape index (κ3) is 1.44. The number of benzene rings is 1. The summed E-state index contributed by atoms with van der Waals surface area (Å²) < 4.78 is 15.3. The van der Waals surface area contributed by atoms with Crippen molar-refractivity contribution in [2.45, 2.75) is 0 Å². The molecule has 2 heterocycles. The van der Waals surface area contributed by atoms with Crippen LogP contribution in [0.25, 0.3) is 22.4 Å². The summed E-state index contributed by atoms with van der Waals surface area (Å²) >= 11 is 0. The highest BCUT2D eigenvalue weighted by molar-refractivity contribution is 5.82. The molecule has 18 heavy (non-hydrogen) atoms. The van der Waals surface area contributed by atoms with Gasteiger partial charge in [0.05, 0.1) is 22.9 Å². The van der Waals surface area contributed by atoms with Gasteiger partial charge in [0.15, 0.2) is 0 Å². The zero-order valence-corrected chi connectivity index (χ0v) is 9.76. The van der Waals surface area contributed by atoms with Crippen molar-refractivity contribution in [3.8, 4) is 11.4 Å². The number of anilines is 1. The van der Waals surface area contributed by atoms with Crippen molar-refractivity contribution in [3.63, 3.8) is 0 Å². The van der Waals surface area contributed by atoms with Gasteiger partial charge >= 0.3 is 0 Å². The first kappa shape index (κ1) is 10.7. The molecule has 5 heteroatoms. The van der Waals surface area contributed by atoms with E-state index in [4.69, 9.17) is 5.73 Å². The number of imidazole rings is 1. The Bertz CT molecular complexity index is 733. The van der Waals surface area contributed by atoms with Gasteiger partial charge < -0.3 is 10.3 Å². The topological polar surface area (TPSA) is 56.7 Å². The molecule has 1 aromatic carbocycles. The van der Waals surface area contributed by atoms with Crippen LogP contribution in [-0.4, -0.2) is 14.5 Å². The maximum atomic E-state index is 13.5. The first-order valence-electron chi connectivity index (χ1n) is 5.49. The van der Waals surface area contributed by atoms with Gasteiger partial charge in [-0.05, 0) is 18.2 Å². The predicted molar refractivity (Wildman–Crippen MR) is 68.3 cm³/mol. The lowest BCUT2D eigenvalue weighted by atomic mass is 10.1. The Kier molecular flexibility index (Phi) is 2.26. The van der Waals surface area contributed by atoms with Crippen LogP contribution in [0.3, 0.4) is 0 Å². The zero-order valence-electron chi connectivity index (χ0n) is 9.76. The van der Waals surface area contributed by atoms with E-state index in [-0.39, 0.29) is 5.69 Å². The summed E-state index contributed by atoms with van der Waals surface area (Å²) in [6, 6.07) is 6.53. The maximum Gasteiger partial charge on any atom is 0.146 e. The molecule has 0 aliphatic rings. The lowest BCUT2D eigenvalue weighted by molar-refractivity contribution is 0.632. The number of pyridine rings is 1. The highest BCUT2D eigenvalue weighted by atomic mass is 19.1. The molecule has 90 valence electrons. The largest absolute Gasteiger partial charge is 0.396 e. The van der Waals surface area contributed by atoms with Crippen LogP contribution in [-0.2, 0) is 7.05 Å². The van der Waals surface area contributed by atoms with Gasteiger partial charge in [0.2, 0.25) is 0 Å². The molecule has 0 saturated heterocycles. The number of fused-ring (bicyclic) bond motifs is 1. The van der Waals surface area contributed by atoms with Crippen molar-refractivity contribution in [1.29, 1.82) is 0 Å². The van der Waals surface area contributed by atoms with Crippen molar-refractivity contribution in [2.24, 2.45) is 7.05 Å². The second-order valence-electron chi connectivity index (χ2n) is 4.06. The van der Waals surface area contributed by atoms with E-state index in [9.17, 15) is 4.39 Å². The van der Waals surface area contributed by atoms with Gasteiger partial charge in [-0.2, -0.15) is 0 Å². The van der Waals surface area contributed by atoms with Crippen LogP contribution in [0.4, 0.5) is 10.1 Å². The number of halogens is 1. The number of rotatable bonds is 1. The smallest absolute Gasteiger partial charge is 0.146 e. The van der Waals surface area contributed by atoms with E-state index in [0.717, 1.165) is 11.0 Å². The van der Waals surface area contributed by atoms with Gasteiger partial charge in [0.1, 0.15) is 11.6 Å². The fraction of sp³-hybridized carbons (Fsp3) is 0.0769. The number of para-hydroxylation sites is 1. The summed E-state index contributed by atoms with van der Waals surface area (Å²) in [5.41, 5.74) is 8.16. The standard InChI is InChI=1S/C13H11FN4/c1-18-11-7-16-6-5-10(11)17-13(18)8-3-2-4-9(14)12(8)15/h2-7H,15H2,1H3. The van der Waals surface area contributed by atoms with Crippen LogP contribution in [0.2, 0.25) is 0 Å². The molecular formula is C13H11FN4. The van der Waals surface area contributed by atoms with Crippen LogP contribution < -0.4 is 5.73 Å². The van der Waals surface area contributed by atoms with E-state index < -0.39 is 5.82 Å². The minimum absolute atomic E-state index is 0.115. The van der Waals surface area contributed by atoms with Crippen LogP contribution in [0.5, 0.6) is 0 Å². The first-order valence-corrected chi connectivity index (χ1v) is 5.49. The number of aryl methyl sites for hydroxylation is 1. The highest BCUT2D eigenvalue weighted by Crippen LogP contribution is 2.29. The highest BCUT2D eigenvalue weighted by Gasteiger charge is 2.13. The molecule has 0 radical (unpaired) electrons. The number of nitrogens with zero attached hydrogens (tertiary/aromatic N) is 3. The monoisotopic (exact) mass is 242 g/mol. The number of hydrogen-bond donors (Lipinski definition) is 1. The fourth-order valence-electron chi connectivity index (χ4n) is 2.01. The molecule has 0 fully saturated rings. The average molecular weight is 242 g/mol. The quantitative estimate of drug-likeness (QED) is 0.666. The third-order valence-corrected chi connectivity index (χ3v) is 2.98. The van der Waals surface area contributed by atoms with Crippen molar-refractivity contribution in [3.05, 3.63) is 42.5 Å². The lowest BCUT2D eigenvalue weighted by Crippen LogP contribution is -1.99. The molecule has 2 aromatic heterocycles. The summed E-state index contributed by atoms with van der Waals surface area (Å²) in [5.74, 6) is 0.202. The molecule has 4 nitrogen and oxygen atoms in total. The molecule has 0 saturated carbocycles. The summed E-state index contributed by atoms with van der Waals surface area (Å²) in [6.07, 6.45) is 3.40. The van der Waals surface area contributed by atoms with Crippen molar-refractivity contribution < 1.29 is 4.39 Å². The Labute approximate surface area is 103 Å². The fourth-order valence-corrected chi connectivity index (χ4v) is 2.01. The van der Waals surface area contributed by atoms with Crippen LogP contribution in [0.1, 0.15) is 0 Å². The van der Waals surface area contributed by atoms with Gasteiger partial charge in [0.25, 0.3) is 0 Å². The maximum absolute atomic E-state index is 13.5. The number of nitrogens with two attached hydrogens (primary N) is 1. The summed E-state index contributed by atoms with van der Waals surface area (Å²) in [6.45, 7) is 0. The molecule has 0 unspecified atom stereocenters. The lowest BCUT2D eigenvalue weighted by Gasteiger charge is -2.06. The first-order chi connectivity index (χ1) is 8.68. The Morgan fingerprint density at radius 2 is 2.11 bits per heavy atom. The predicted octanol–water partition coefficient (Wildman–Crippen LogP) is 2.36. The molecule has 0 atom stereocenters. The van der Waals surface area contributed by atoms with E-state index >= 15 is 0 Å². The molecule has 3 aromatic rings. The van der Waals surface area contributed by atoms with Gasteiger partial charge in [-0.15, -0.1) is 0 Å². The second kappa shape index (κ2) is 3.80. The van der Waals surface area contributed by atoms with E-state index in [1.165, 1.54) is 6.07 Å². The van der Waals surface area contributed by atoms with Crippen LogP contribution in [0, 0.1) is 5.82 Å². The third-order valence-electron chi connectivity index (χ3n) is 2.98. The SMILES string of the molecule is Cn1c(-c2cccc(F)c2N)nc2ccncc21. The summed E-state index contributed by atoms with van der Waals surface area (Å²) in [4.78, 5) is 8.52. The van der Waals surface area contributed by atoms with Crippen molar-refractivity contribution in [2.75, 3.05) is 5.73 Å². The molecule has 0 amide bonds. The van der Waals surface area contributed by atoms with Gasteiger partial charge in [-0.25, -0.2) is 9.37 Å². The zero-order chi connectivity index (χ0) is 12.7. The Morgan fingerprint density at radius 3 is 2.89 bits per heavy atom. The van der Waals surface area contributed by atoms with Crippen LogP contribution in [0.15, 0.2) is 36.7 Å². The molecule has 0 aliphatic heterocycles. The summed E-state index contributed by atoms with van der Waals surface area (Å²) in [7, 11) is 1.86. The van der Waals surface area contributed by atoms with Crippen molar-refractivity contribution >= 4 is 16.7 Å². The molecule has 3 rings (SSSR count). The van der Waals surface area contributed by atoms with E-state index in [1.807, 2.05) is 17.7 Å². The molecular weight excluding hydrogens is 231 g/mol. The van der Waals surface area contributed by atoms with Gasteiger partial charge in [-0.3, -0.25) is 4.98 Å². The minimum Gasteiger partial charge on any atom is -0.396 e. The number of hydrogen-bond acceptors (Lipinski definition) is 3. The normalized spacial score (nSPS) is 11.0. The molecule has 0 spiro atoms. The molecule has 0 aliphatic carbocycles. The van der Waals surface area contributed by atoms with E-state index in [2.05, 4.69) is 9.97 Å². The average Bonchev–Trinajstić information content (AvgIpc) is 2.71. The second-order valence-corrected chi connectivity index (χ2v) is 4.06. The Balaban J connectivity index is 2.32. The minimum atomic E-state index is -0.433. The molecule has 0 bridgehead atoms. The van der Waals surface area contributed by atoms with Crippen molar-refractivity contribution in [1.82, 2.24) is 14.5 Å². The Morgan fingerprint density at radius 1 is 1.28 bits per heavy atom. The summed E-state index contributed by atoms with van der Waals surface area (Å²) in [5, 5.41) is 0. The number of nitrogen functional groups attached to an aromatic ring is 1. The molecule has 2 N–H and O–H groups in total.